The number of ether oxygens (including phenoxy) is 1. The Morgan fingerprint density at radius 2 is 2.07 bits per heavy atom. The van der Waals surface area contributed by atoms with Gasteiger partial charge in [-0.2, -0.15) is 4.98 Å². The summed E-state index contributed by atoms with van der Waals surface area (Å²) in [5, 5.41) is 3.68. The maximum Gasteiger partial charge on any atom is 0.264 e. The molecule has 2 rings (SSSR count). The Morgan fingerprint density at radius 3 is 2.67 bits per heavy atom. The van der Waals surface area contributed by atoms with Crippen molar-refractivity contribution >= 4 is 22.6 Å². The smallest absolute Gasteiger partial charge is 0.264 e. The number of halogens is 1. The van der Waals surface area contributed by atoms with Crippen molar-refractivity contribution in [3.63, 3.8) is 0 Å². The van der Waals surface area contributed by atoms with E-state index in [9.17, 15) is 0 Å². The number of aromatic nitrogens is 2. The molecule has 0 aliphatic heterocycles. The van der Waals surface area contributed by atoms with Crippen molar-refractivity contribution < 1.29 is 9.26 Å². The van der Waals surface area contributed by atoms with E-state index in [1.807, 2.05) is 24.3 Å². The molecule has 0 saturated heterocycles. The first-order valence-corrected chi connectivity index (χ1v) is 5.49. The average Bonchev–Trinajstić information content (AvgIpc) is 2.64. The van der Waals surface area contributed by atoms with Crippen LogP contribution in [0.15, 0.2) is 28.8 Å². The Labute approximate surface area is 101 Å². The Balaban J connectivity index is 1.96. The molecular weight excluding hydrogens is 307 g/mol. The van der Waals surface area contributed by atoms with E-state index in [0.29, 0.717) is 18.3 Å². The summed E-state index contributed by atoms with van der Waals surface area (Å²) in [6.45, 7) is 2.08. The van der Waals surface area contributed by atoms with E-state index in [0.717, 1.165) is 5.75 Å². The second kappa shape index (κ2) is 4.61. The molecule has 0 N–H and O–H groups in total. The van der Waals surface area contributed by atoms with Crippen LogP contribution in [0.3, 0.4) is 0 Å². The van der Waals surface area contributed by atoms with Gasteiger partial charge in [0.15, 0.2) is 12.4 Å². The summed E-state index contributed by atoms with van der Waals surface area (Å²) in [7, 11) is 0. The van der Waals surface area contributed by atoms with Crippen molar-refractivity contribution in [1.29, 1.82) is 0 Å². The standard InChI is InChI=1S/C10H9IN2O2/c1-7-12-10(15-13-7)6-14-9-4-2-8(11)3-5-9/h2-5H,6H2,1H3. The lowest BCUT2D eigenvalue weighted by Gasteiger charge is -2.02. The molecule has 0 saturated carbocycles. The Morgan fingerprint density at radius 1 is 1.33 bits per heavy atom. The fourth-order valence-corrected chi connectivity index (χ4v) is 1.43. The zero-order valence-corrected chi connectivity index (χ0v) is 10.3. The molecule has 0 atom stereocenters. The molecule has 1 aromatic heterocycles. The molecule has 0 aliphatic carbocycles. The predicted molar refractivity (Wildman–Crippen MR) is 62.5 cm³/mol. The zero-order chi connectivity index (χ0) is 10.7. The number of benzene rings is 1. The summed E-state index contributed by atoms with van der Waals surface area (Å²) in [6.07, 6.45) is 0. The predicted octanol–water partition coefficient (Wildman–Crippen LogP) is 2.56. The molecule has 0 spiro atoms. The van der Waals surface area contributed by atoms with E-state index in [-0.39, 0.29) is 0 Å². The molecule has 4 nitrogen and oxygen atoms in total. The van der Waals surface area contributed by atoms with Gasteiger partial charge in [0.1, 0.15) is 5.75 Å². The molecule has 2 aromatic rings. The van der Waals surface area contributed by atoms with Gasteiger partial charge in [-0.1, -0.05) is 5.16 Å². The maximum atomic E-state index is 5.46. The summed E-state index contributed by atoms with van der Waals surface area (Å²) in [4.78, 5) is 4.04. The Hall–Kier alpha value is -1.11. The molecule has 15 heavy (non-hydrogen) atoms. The van der Waals surface area contributed by atoms with Gasteiger partial charge < -0.3 is 9.26 Å². The second-order valence-corrected chi connectivity index (χ2v) is 4.22. The van der Waals surface area contributed by atoms with Crippen LogP contribution in [-0.2, 0) is 6.61 Å². The van der Waals surface area contributed by atoms with Crippen LogP contribution in [0.1, 0.15) is 11.7 Å². The number of hydrogen-bond acceptors (Lipinski definition) is 4. The molecule has 5 heteroatoms. The highest BCUT2D eigenvalue weighted by molar-refractivity contribution is 14.1. The molecule has 0 amide bonds. The van der Waals surface area contributed by atoms with Crippen LogP contribution in [-0.4, -0.2) is 10.1 Å². The monoisotopic (exact) mass is 316 g/mol. The van der Waals surface area contributed by atoms with Crippen LogP contribution in [0.4, 0.5) is 0 Å². The number of nitrogens with zero attached hydrogens (tertiary/aromatic N) is 2. The van der Waals surface area contributed by atoms with Crippen molar-refractivity contribution in [3.05, 3.63) is 39.6 Å². The van der Waals surface area contributed by atoms with Gasteiger partial charge >= 0.3 is 0 Å². The summed E-state index contributed by atoms with van der Waals surface area (Å²) < 4.78 is 11.6. The van der Waals surface area contributed by atoms with Gasteiger partial charge in [0.05, 0.1) is 0 Å². The third kappa shape index (κ3) is 2.92. The second-order valence-electron chi connectivity index (χ2n) is 2.98. The molecule has 78 valence electrons. The van der Waals surface area contributed by atoms with Gasteiger partial charge in [-0.05, 0) is 53.8 Å². The molecular formula is C10H9IN2O2. The third-order valence-electron chi connectivity index (χ3n) is 1.75. The molecule has 1 aromatic carbocycles. The van der Waals surface area contributed by atoms with Crippen molar-refractivity contribution in [2.45, 2.75) is 13.5 Å². The molecule has 0 radical (unpaired) electrons. The Kier molecular flexibility index (Phi) is 3.20. The highest BCUT2D eigenvalue weighted by Gasteiger charge is 2.02. The first-order chi connectivity index (χ1) is 7.24. The summed E-state index contributed by atoms with van der Waals surface area (Å²) in [6, 6.07) is 7.78. The normalized spacial score (nSPS) is 10.3. The minimum atomic E-state index is 0.307. The molecule has 0 aliphatic rings. The molecule has 0 fully saturated rings. The lowest BCUT2D eigenvalue weighted by atomic mass is 10.3. The topological polar surface area (TPSA) is 48.2 Å². The van der Waals surface area contributed by atoms with Crippen molar-refractivity contribution in [2.24, 2.45) is 0 Å². The van der Waals surface area contributed by atoms with E-state index < -0.39 is 0 Å². The highest BCUT2D eigenvalue weighted by Crippen LogP contribution is 2.14. The quantitative estimate of drug-likeness (QED) is 0.817. The third-order valence-corrected chi connectivity index (χ3v) is 2.46. The number of aryl methyl sites for hydroxylation is 1. The van der Waals surface area contributed by atoms with E-state index in [1.54, 1.807) is 6.92 Å². The van der Waals surface area contributed by atoms with E-state index in [2.05, 4.69) is 32.7 Å². The van der Waals surface area contributed by atoms with Crippen LogP contribution in [0, 0.1) is 10.5 Å². The lowest BCUT2D eigenvalue weighted by molar-refractivity contribution is 0.242. The van der Waals surface area contributed by atoms with Crippen LogP contribution in [0.25, 0.3) is 0 Å². The molecule has 0 bridgehead atoms. The van der Waals surface area contributed by atoms with Crippen LogP contribution >= 0.6 is 22.6 Å². The van der Waals surface area contributed by atoms with E-state index in [1.165, 1.54) is 3.57 Å². The number of hydrogen-bond donors (Lipinski definition) is 0. The van der Waals surface area contributed by atoms with Crippen LogP contribution in [0.2, 0.25) is 0 Å². The molecule has 0 unspecified atom stereocenters. The zero-order valence-electron chi connectivity index (χ0n) is 8.11. The van der Waals surface area contributed by atoms with Gasteiger partial charge in [0.2, 0.25) is 0 Å². The Bertz CT molecular complexity index is 439. The van der Waals surface area contributed by atoms with Crippen molar-refractivity contribution in [3.8, 4) is 5.75 Å². The molecule has 1 heterocycles. The first-order valence-electron chi connectivity index (χ1n) is 4.41. The maximum absolute atomic E-state index is 5.46. The lowest BCUT2D eigenvalue weighted by Crippen LogP contribution is -1.95. The average molecular weight is 316 g/mol. The number of rotatable bonds is 3. The minimum absolute atomic E-state index is 0.307. The van der Waals surface area contributed by atoms with Gasteiger partial charge in [0.25, 0.3) is 5.89 Å². The highest BCUT2D eigenvalue weighted by atomic mass is 127. The SMILES string of the molecule is Cc1noc(COc2ccc(I)cc2)n1. The first kappa shape index (κ1) is 10.4. The largest absolute Gasteiger partial charge is 0.484 e. The summed E-state index contributed by atoms with van der Waals surface area (Å²) >= 11 is 2.24. The van der Waals surface area contributed by atoms with Gasteiger partial charge in [-0.3, -0.25) is 0 Å². The van der Waals surface area contributed by atoms with Gasteiger partial charge in [-0.25, -0.2) is 0 Å². The van der Waals surface area contributed by atoms with Crippen molar-refractivity contribution in [1.82, 2.24) is 10.1 Å². The minimum Gasteiger partial charge on any atom is -0.484 e. The summed E-state index contributed by atoms with van der Waals surface area (Å²) in [5.74, 6) is 1.91. The van der Waals surface area contributed by atoms with Crippen LogP contribution < -0.4 is 4.74 Å². The van der Waals surface area contributed by atoms with Gasteiger partial charge in [-0.15, -0.1) is 0 Å². The van der Waals surface area contributed by atoms with Crippen LogP contribution in [0.5, 0.6) is 5.75 Å². The fraction of sp³-hybridized carbons (Fsp3) is 0.200. The fourth-order valence-electron chi connectivity index (χ4n) is 1.07. The van der Waals surface area contributed by atoms with Gasteiger partial charge in [0, 0.05) is 3.57 Å². The van der Waals surface area contributed by atoms with E-state index >= 15 is 0 Å². The van der Waals surface area contributed by atoms with Crippen molar-refractivity contribution in [2.75, 3.05) is 0 Å². The van der Waals surface area contributed by atoms with E-state index in [4.69, 9.17) is 9.26 Å². The summed E-state index contributed by atoms with van der Waals surface area (Å²) in [5.41, 5.74) is 0.